The van der Waals surface area contributed by atoms with E-state index in [4.69, 9.17) is 4.98 Å². The number of nitrogens with zero attached hydrogens (tertiary/aromatic N) is 3. The Kier molecular flexibility index (Phi) is 4.11. The molecule has 8 rings (SSSR count). The van der Waals surface area contributed by atoms with Gasteiger partial charge in [-0.2, -0.15) is 0 Å². The molecular weight excluding hydrogens is 453 g/mol. The van der Waals surface area contributed by atoms with E-state index in [1.165, 1.54) is 43.1 Å². The minimum Gasteiger partial charge on any atom is -0.293 e. The van der Waals surface area contributed by atoms with Crippen molar-refractivity contribution in [2.45, 2.75) is 0 Å². The molecule has 8 aromatic rings. The molecule has 0 spiro atoms. The fourth-order valence-electron chi connectivity index (χ4n) is 5.86. The fourth-order valence-corrected chi connectivity index (χ4v) is 6.12. The second-order valence-electron chi connectivity index (χ2n) is 9.28. The maximum absolute atomic E-state index is 4.93. The first-order valence-electron chi connectivity index (χ1n) is 12.1. The minimum absolute atomic E-state index is 0.688. The van der Waals surface area contributed by atoms with Gasteiger partial charge in [-0.15, -0.1) is 0 Å². The summed E-state index contributed by atoms with van der Waals surface area (Å²) in [6, 6.07) is 39.1. The zero-order chi connectivity index (χ0) is 23.8. The van der Waals surface area contributed by atoms with E-state index in [1.807, 2.05) is 6.07 Å². The topological polar surface area (TPSA) is 30.7 Å². The second-order valence-corrected chi connectivity index (χ2v) is 9.80. The summed E-state index contributed by atoms with van der Waals surface area (Å²) in [7, 11) is 0. The molecular formula is C32H18AlN3. The third-order valence-electron chi connectivity index (χ3n) is 7.35. The molecule has 2 aromatic heterocycles. The Bertz CT molecular complexity index is 2180. The zero-order valence-corrected chi connectivity index (χ0v) is 20.5. The van der Waals surface area contributed by atoms with Gasteiger partial charge in [-0.25, -0.2) is 4.98 Å². The van der Waals surface area contributed by atoms with Crippen LogP contribution in [0.5, 0.6) is 0 Å². The number of rotatable bonds is 1. The number of para-hydroxylation sites is 2. The quantitative estimate of drug-likeness (QED) is 0.191. The molecule has 0 saturated carbocycles. The van der Waals surface area contributed by atoms with Crippen molar-refractivity contribution in [1.82, 2.24) is 14.5 Å². The highest BCUT2D eigenvalue weighted by molar-refractivity contribution is 6.30. The van der Waals surface area contributed by atoms with Crippen LogP contribution in [0.2, 0.25) is 0 Å². The average molecular weight is 471 g/mol. The summed E-state index contributed by atoms with van der Waals surface area (Å²) in [6.07, 6.45) is 0. The van der Waals surface area contributed by atoms with E-state index in [0.29, 0.717) is 4.69 Å². The molecule has 4 heteroatoms. The van der Waals surface area contributed by atoms with Gasteiger partial charge >= 0.3 is 0 Å². The van der Waals surface area contributed by atoms with Crippen molar-refractivity contribution in [3.63, 3.8) is 0 Å². The maximum Gasteiger partial charge on any atom is 0.244 e. The number of benzene rings is 6. The molecule has 0 fully saturated rings. The van der Waals surface area contributed by atoms with Crippen molar-refractivity contribution in [3.05, 3.63) is 109 Å². The van der Waals surface area contributed by atoms with Crippen LogP contribution in [0.15, 0.2) is 109 Å². The molecule has 0 aliphatic carbocycles. The van der Waals surface area contributed by atoms with Crippen LogP contribution < -0.4 is 4.69 Å². The lowest BCUT2D eigenvalue weighted by atomic mass is 9.94. The van der Waals surface area contributed by atoms with E-state index in [2.05, 4.69) is 129 Å². The normalized spacial score (nSPS) is 12.0. The molecule has 3 nitrogen and oxygen atoms in total. The van der Waals surface area contributed by atoms with Crippen LogP contribution in [0.1, 0.15) is 0 Å². The lowest BCUT2D eigenvalue weighted by Crippen LogP contribution is -2.16. The zero-order valence-electron chi connectivity index (χ0n) is 19.3. The lowest BCUT2D eigenvalue weighted by Gasteiger charge is -2.12. The van der Waals surface area contributed by atoms with Crippen LogP contribution in [0.25, 0.3) is 70.8 Å². The smallest absolute Gasteiger partial charge is 0.244 e. The highest BCUT2D eigenvalue weighted by atomic mass is 27.0. The molecule has 2 radical (unpaired) electrons. The van der Waals surface area contributed by atoms with Crippen molar-refractivity contribution in [3.8, 4) is 5.82 Å². The summed E-state index contributed by atoms with van der Waals surface area (Å²) in [5.41, 5.74) is 3.24. The number of aromatic nitrogens is 3. The first kappa shape index (κ1) is 20.0. The number of hydrogen-bond donors (Lipinski definition) is 0. The molecule has 0 atom stereocenters. The molecule has 0 aliphatic rings. The standard InChI is InChI=1S/C32H18N3.Al/c1-2-8-22-20(7-1)13-14-21-15-16-24-23(30(21)22)17-18-29-31(24)26-10-4-6-12-28(26)35(29)32-25-9-3-5-11-27(25)33-19-34-32;/h1-18H;. The summed E-state index contributed by atoms with van der Waals surface area (Å²) < 4.78 is 2.99. The van der Waals surface area contributed by atoms with Gasteiger partial charge in [0.1, 0.15) is 5.82 Å². The Balaban J connectivity index is 1.60. The Labute approximate surface area is 215 Å². The Morgan fingerprint density at radius 1 is 0.472 bits per heavy atom. The van der Waals surface area contributed by atoms with Crippen LogP contribution in [-0.2, 0) is 0 Å². The van der Waals surface area contributed by atoms with Crippen molar-refractivity contribution < 1.29 is 0 Å². The number of fused-ring (bicyclic) bond motifs is 10. The van der Waals surface area contributed by atoms with Crippen molar-refractivity contribution in [2.24, 2.45) is 0 Å². The van der Waals surface area contributed by atoms with Gasteiger partial charge in [-0.1, -0.05) is 84.9 Å². The molecule has 0 amide bonds. The van der Waals surface area contributed by atoms with Gasteiger partial charge < -0.3 is 0 Å². The predicted octanol–water partition coefficient (Wildman–Crippen LogP) is 6.98. The molecule has 36 heavy (non-hydrogen) atoms. The Morgan fingerprint density at radius 3 is 2.06 bits per heavy atom. The third-order valence-corrected chi connectivity index (χ3v) is 7.61. The predicted molar refractivity (Wildman–Crippen MR) is 152 cm³/mol. The van der Waals surface area contributed by atoms with Gasteiger partial charge in [0.2, 0.25) is 16.3 Å². The Morgan fingerprint density at radius 2 is 1.14 bits per heavy atom. The highest BCUT2D eigenvalue weighted by Gasteiger charge is 2.18. The van der Waals surface area contributed by atoms with E-state index >= 15 is 0 Å². The Hall–Kier alpha value is -4.23. The first-order valence-corrected chi connectivity index (χ1v) is 12.6. The largest absolute Gasteiger partial charge is 0.293 e. The van der Waals surface area contributed by atoms with Gasteiger partial charge in [0.05, 0.1) is 16.6 Å². The van der Waals surface area contributed by atoms with E-state index in [-0.39, 0.29) is 0 Å². The summed E-state index contributed by atoms with van der Waals surface area (Å²) in [5, 5.41) is 11.2. The van der Waals surface area contributed by atoms with Crippen molar-refractivity contribution >= 4 is 86.0 Å². The summed E-state index contributed by atoms with van der Waals surface area (Å²) >= 11 is 2.67. The minimum atomic E-state index is 0.688. The van der Waals surface area contributed by atoms with Gasteiger partial charge in [0.25, 0.3) is 0 Å². The van der Waals surface area contributed by atoms with Crippen LogP contribution in [-0.4, -0.2) is 30.8 Å². The summed E-state index contributed by atoms with van der Waals surface area (Å²) in [4.78, 5) is 9.59. The molecule has 0 unspecified atom stereocenters. The summed E-state index contributed by atoms with van der Waals surface area (Å²) in [5.74, 6) is 0.905. The maximum atomic E-state index is 4.93. The molecule has 0 bridgehead atoms. The van der Waals surface area contributed by atoms with Gasteiger partial charge in [-0.05, 0) is 56.6 Å². The monoisotopic (exact) mass is 471 g/mol. The van der Waals surface area contributed by atoms with Crippen molar-refractivity contribution in [1.29, 1.82) is 0 Å². The van der Waals surface area contributed by atoms with E-state index in [0.717, 1.165) is 27.8 Å². The molecule has 0 N–H and O–H groups in total. The average Bonchev–Trinajstić information content (AvgIpc) is 3.26. The van der Waals surface area contributed by atoms with Gasteiger partial charge in [-0.3, -0.25) is 9.55 Å². The SMILES string of the molecule is [Al][c]1nc(-n2c3ccccc3c3c4ccc5ccc6ccccc6c5c4ccc32)c2ccccc2n1. The second kappa shape index (κ2) is 7.39. The number of hydrogen-bond acceptors (Lipinski definition) is 2. The molecule has 0 aliphatic heterocycles. The fraction of sp³-hybridized carbons (Fsp3) is 0. The lowest BCUT2D eigenvalue weighted by molar-refractivity contribution is 1.10. The van der Waals surface area contributed by atoms with E-state index in [1.54, 1.807) is 0 Å². The highest BCUT2D eigenvalue weighted by Crippen LogP contribution is 2.40. The van der Waals surface area contributed by atoms with Gasteiger partial charge in [0.15, 0.2) is 0 Å². The molecule has 6 aromatic carbocycles. The molecule has 2 heterocycles. The van der Waals surface area contributed by atoms with Crippen LogP contribution in [0.4, 0.5) is 0 Å². The van der Waals surface area contributed by atoms with E-state index < -0.39 is 0 Å². The molecule has 0 saturated heterocycles. The molecule has 164 valence electrons. The first-order chi connectivity index (χ1) is 17.8. The van der Waals surface area contributed by atoms with Crippen LogP contribution in [0.3, 0.4) is 0 Å². The van der Waals surface area contributed by atoms with E-state index in [9.17, 15) is 0 Å². The van der Waals surface area contributed by atoms with Crippen LogP contribution >= 0.6 is 0 Å². The summed E-state index contributed by atoms with van der Waals surface area (Å²) in [6.45, 7) is 0. The third kappa shape index (κ3) is 2.69. The van der Waals surface area contributed by atoms with Crippen molar-refractivity contribution in [2.75, 3.05) is 0 Å². The van der Waals surface area contributed by atoms with Crippen LogP contribution in [0, 0.1) is 0 Å². The van der Waals surface area contributed by atoms with Gasteiger partial charge in [0, 0.05) is 20.8 Å².